The summed E-state index contributed by atoms with van der Waals surface area (Å²) in [6, 6.07) is 0.0141. The summed E-state index contributed by atoms with van der Waals surface area (Å²) < 4.78 is 111. The Kier molecular flexibility index (Phi) is 6.55. The zero-order valence-electron chi connectivity index (χ0n) is 18.0. The number of ether oxygens (including phenoxy) is 1. The summed E-state index contributed by atoms with van der Waals surface area (Å²) >= 11 is 0. The van der Waals surface area contributed by atoms with E-state index < -0.39 is 38.7 Å². The van der Waals surface area contributed by atoms with Crippen LogP contribution in [0.3, 0.4) is 0 Å². The van der Waals surface area contributed by atoms with E-state index >= 15 is 0 Å². The lowest BCUT2D eigenvalue weighted by atomic mass is 9.68. The summed E-state index contributed by atoms with van der Waals surface area (Å²) in [4.78, 5) is -2.74. The van der Waals surface area contributed by atoms with Crippen LogP contribution >= 0.6 is 10.2 Å². The van der Waals surface area contributed by atoms with E-state index in [0.29, 0.717) is 30.7 Å². The molecule has 0 saturated heterocycles. The molecule has 1 aromatic rings. The molecule has 0 heterocycles. The molecule has 1 nitrogen and oxygen atoms in total. The van der Waals surface area contributed by atoms with Gasteiger partial charge in [0.05, 0.1) is 5.92 Å². The molecule has 1 aromatic carbocycles. The van der Waals surface area contributed by atoms with Gasteiger partial charge in [-0.2, -0.15) is 8.78 Å². The summed E-state index contributed by atoms with van der Waals surface area (Å²) in [6.45, 7) is 2.17. The number of halogens is 8. The molecule has 0 N–H and O–H groups in total. The van der Waals surface area contributed by atoms with Gasteiger partial charge < -0.3 is 4.74 Å². The molecule has 0 aromatic heterocycles. The van der Waals surface area contributed by atoms with Crippen LogP contribution in [-0.2, 0) is 0 Å². The van der Waals surface area contributed by atoms with Crippen LogP contribution in [0.15, 0.2) is 23.1 Å². The lowest BCUT2D eigenvalue weighted by molar-refractivity contribution is -0.224. The largest absolute Gasteiger partial charge is 0.432 e. The molecule has 2 aliphatic rings. The molecule has 0 atom stereocenters. The predicted molar refractivity (Wildman–Crippen MR) is 109 cm³/mol. The number of rotatable bonds is 7. The number of hydrogen-bond donors (Lipinski definition) is 0. The van der Waals surface area contributed by atoms with Crippen LogP contribution in [0.5, 0.6) is 5.75 Å². The molecule has 10 heteroatoms. The molecule has 0 radical (unpaired) electrons. The summed E-state index contributed by atoms with van der Waals surface area (Å²) in [5, 5.41) is 0. The Morgan fingerprint density at radius 1 is 0.875 bits per heavy atom. The highest BCUT2D eigenvalue weighted by atomic mass is 32.5. The molecule has 32 heavy (non-hydrogen) atoms. The van der Waals surface area contributed by atoms with Crippen molar-refractivity contribution >= 4 is 10.2 Å². The minimum absolute atomic E-state index is 0.0540. The Balaban J connectivity index is 1.58. The summed E-state index contributed by atoms with van der Waals surface area (Å²) in [5.41, 5.74) is 0. The lowest BCUT2D eigenvalue weighted by Gasteiger charge is -2.40. The van der Waals surface area contributed by atoms with Crippen molar-refractivity contribution in [2.45, 2.75) is 82.1 Å². The van der Waals surface area contributed by atoms with Gasteiger partial charge in [-0.1, -0.05) is 52.0 Å². The molecule has 3 rings (SSSR count). The first-order valence-corrected chi connectivity index (χ1v) is 13.1. The van der Waals surface area contributed by atoms with E-state index in [1.807, 2.05) is 0 Å². The fourth-order valence-electron chi connectivity index (χ4n) is 5.38. The SMILES string of the molecule is CCCC1CCC(C2CCC(C(F)(F)Oc3ccc(S(F)(F)(F)(F)F)c(F)c3)CC2)CC1. The zero-order chi connectivity index (χ0) is 23.8. The molecule has 0 amide bonds. The molecule has 0 aliphatic heterocycles. The van der Waals surface area contributed by atoms with Crippen LogP contribution < -0.4 is 4.74 Å². The Morgan fingerprint density at radius 3 is 1.88 bits per heavy atom. The van der Waals surface area contributed by atoms with E-state index in [1.165, 1.54) is 25.7 Å². The van der Waals surface area contributed by atoms with Crippen LogP contribution in [0.4, 0.5) is 32.6 Å². The average molecular weight is 495 g/mol. The van der Waals surface area contributed by atoms with Crippen LogP contribution in [0.2, 0.25) is 0 Å². The Hall–Kier alpha value is -1.19. The summed E-state index contributed by atoms with van der Waals surface area (Å²) in [7, 11) is -10.3. The highest BCUT2D eigenvalue weighted by Gasteiger charge is 2.67. The third-order valence-corrected chi connectivity index (χ3v) is 8.24. The van der Waals surface area contributed by atoms with Crippen LogP contribution in [-0.4, -0.2) is 6.11 Å². The smallest absolute Gasteiger partial charge is 0.400 e. The topological polar surface area (TPSA) is 9.23 Å². The second-order valence-electron chi connectivity index (χ2n) is 9.41. The quantitative estimate of drug-likeness (QED) is 0.343. The standard InChI is InChI=1S/C22H30F8OS/c1-2-3-15-4-6-16(7-5-15)17-8-10-18(11-9-17)22(24,25)31-19-12-13-21(20(23)14-19)32(26,27,28,29)30/h12-18H,2-11H2,1H3. The maximum Gasteiger partial charge on any atom is 0.400 e. The Bertz CT molecular complexity index is 794. The van der Waals surface area contributed by atoms with Gasteiger partial charge in [0.1, 0.15) is 16.5 Å². The van der Waals surface area contributed by atoms with E-state index in [0.717, 1.165) is 18.8 Å². The zero-order valence-corrected chi connectivity index (χ0v) is 18.8. The van der Waals surface area contributed by atoms with E-state index in [2.05, 4.69) is 11.7 Å². The van der Waals surface area contributed by atoms with Gasteiger partial charge in [-0.15, -0.1) is 0 Å². The summed E-state index contributed by atoms with van der Waals surface area (Å²) in [6.07, 6.45) is 4.87. The van der Waals surface area contributed by atoms with Crippen molar-refractivity contribution in [3.05, 3.63) is 24.0 Å². The fraction of sp³-hybridized carbons (Fsp3) is 0.727. The molecule has 2 saturated carbocycles. The fourth-order valence-corrected chi connectivity index (χ4v) is 6.13. The highest BCUT2D eigenvalue weighted by Crippen LogP contribution is 3.02. The molecule has 0 bridgehead atoms. The second-order valence-corrected chi connectivity index (χ2v) is 11.8. The van der Waals surface area contributed by atoms with Crippen LogP contribution in [0.25, 0.3) is 0 Å². The van der Waals surface area contributed by atoms with Gasteiger partial charge in [0.25, 0.3) is 0 Å². The molecule has 2 aliphatic carbocycles. The first-order chi connectivity index (χ1) is 14.6. The van der Waals surface area contributed by atoms with Crippen LogP contribution in [0, 0.1) is 29.5 Å². The first kappa shape index (κ1) is 25.4. The minimum Gasteiger partial charge on any atom is -0.432 e. The van der Waals surface area contributed by atoms with Crippen molar-refractivity contribution in [2.24, 2.45) is 23.7 Å². The van der Waals surface area contributed by atoms with E-state index in [1.54, 1.807) is 0 Å². The van der Waals surface area contributed by atoms with Gasteiger partial charge in [-0.05, 0) is 68.4 Å². The van der Waals surface area contributed by atoms with Crippen molar-refractivity contribution in [2.75, 3.05) is 0 Å². The van der Waals surface area contributed by atoms with Crippen molar-refractivity contribution in [1.82, 2.24) is 0 Å². The molecule has 0 unspecified atom stereocenters. The minimum atomic E-state index is -10.3. The Labute approximate surface area is 183 Å². The Morgan fingerprint density at radius 2 is 1.41 bits per heavy atom. The van der Waals surface area contributed by atoms with Gasteiger partial charge in [0, 0.05) is 6.07 Å². The van der Waals surface area contributed by atoms with Crippen molar-refractivity contribution in [3.8, 4) is 5.75 Å². The second kappa shape index (κ2) is 8.24. The van der Waals surface area contributed by atoms with E-state index in [-0.39, 0.29) is 25.0 Å². The van der Waals surface area contributed by atoms with Crippen molar-refractivity contribution in [1.29, 1.82) is 0 Å². The number of alkyl halides is 2. The molecule has 0 spiro atoms. The monoisotopic (exact) mass is 494 g/mol. The lowest BCUT2D eigenvalue weighted by Crippen LogP contribution is -2.38. The first-order valence-electron chi connectivity index (χ1n) is 11.2. The van der Waals surface area contributed by atoms with Gasteiger partial charge in [0.2, 0.25) is 0 Å². The van der Waals surface area contributed by atoms with Gasteiger partial charge in [-0.3, -0.25) is 0 Å². The number of hydrogen-bond acceptors (Lipinski definition) is 1. The van der Waals surface area contributed by atoms with E-state index in [4.69, 9.17) is 0 Å². The normalized spacial score (nSPS) is 29.8. The highest BCUT2D eigenvalue weighted by molar-refractivity contribution is 8.45. The van der Waals surface area contributed by atoms with Crippen LogP contribution in [0.1, 0.15) is 71.1 Å². The van der Waals surface area contributed by atoms with Crippen molar-refractivity contribution < 1.29 is 37.3 Å². The third-order valence-electron chi connectivity index (χ3n) is 7.07. The van der Waals surface area contributed by atoms with Gasteiger partial charge in [-0.25, -0.2) is 4.39 Å². The summed E-state index contributed by atoms with van der Waals surface area (Å²) in [5.74, 6) is -2.73. The molecule has 2 fully saturated rings. The maximum absolute atomic E-state index is 14.6. The van der Waals surface area contributed by atoms with Gasteiger partial charge in [0.15, 0.2) is 0 Å². The van der Waals surface area contributed by atoms with Gasteiger partial charge >= 0.3 is 16.3 Å². The average Bonchev–Trinajstić information content (AvgIpc) is 2.66. The molecular formula is C22H30F8OS. The predicted octanol–water partition coefficient (Wildman–Crippen LogP) is 9.87. The van der Waals surface area contributed by atoms with Crippen molar-refractivity contribution in [3.63, 3.8) is 0 Å². The molecular weight excluding hydrogens is 464 g/mol. The maximum atomic E-state index is 14.6. The number of benzene rings is 1. The van der Waals surface area contributed by atoms with E-state index in [9.17, 15) is 32.6 Å². The third kappa shape index (κ3) is 6.23. The molecule has 186 valence electrons.